The van der Waals surface area contributed by atoms with Gasteiger partial charge in [0.15, 0.2) is 0 Å². The van der Waals surface area contributed by atoms with Crippen molar-refractivity contribution >= 4 is 23.1 Å². The van der Waals surface area contributed by atoms with Crippen LogP contribution in [0.5, 0.6) is 0 Å². The summed E-state index contributed by atoms with van der Waals surface area (Å²) in [5, 5.41) is 11.7. The van der Waals surface area contributed by atoms with E-state index < -0.39 is 0 Å². The lowest BCUT2D eigenvalue weighted by Crippen LogP contribution is -2.37. The standard InChI is InChI=1S/C13H18N2O2S/c1-3-11-9-14(6-7-18-11)12-5-4-10(2)8-13(12)15(16)17/h4-5,8,11H,3,6-7,9H2,1-2H3. The molecule has 18 heavy (non-hydrogen) atoms. The molecule has 1 atom stereocenters. The predicted octanol–water partition coefficient (Wildman–Crippen LogP) is 3.24. The first-order chi connectivity index (χ1) is 8.61. The summed E-state index contributed by atoms with van der Waals surface area (Å²) in [5.41, 5.74) is 1.94. The second-order valence-corrected chi connectivity index (χ2v) is 6.00. The molecule has 0 bridgehead atoms. The van der Waals surface area contributed by atoms with E-state index in [0.29, 0.717) is 5.25 Å². The van der Waals surface area contributed by atoms with Gasteiger partial charge < -0.3 is 4.90 Å². The van der Waals surface area contributed by atoms with E-state index in [-0.39, 0.29) is 10.6 Å². The summed E-state index contributed by atoms with van der Waals surface area (Å²) in [5.74, 6) is 1.05. The number of hydrogen-bond donors (Lipinski definition) is 0. The molecule has 1 aliphatic rings. The monoisotopic (exact) mass is 266 g/mol. The van der Waals surface area contributed by atoms with Crippen LogP contribution in [-0.2, 0) is 0 Å². The molecule has 2 rings (SSSR count). The van der Waals surface area contributed by atoms with Crippen molar-refractivity contribution in [2.75, 3.05) is 23.7 Å². The Hall–Kier alpha value is -1.23. The van der Waals surface area contributed by atoms with E-state index >= 15 is 0 Å². The number of rotatable bonds is 3. The molecule has 1 unspecified atom stereocenters. The number of nitrogens with zero attached hydrogens (tertiary/aromatic N) is 2. The molecule has 0 radical (unpaired) electrons. The molecule has 1 aliphatic heterocycles. The molecule has 1 fully saturated rings. The minimum absolute atomic E-state index is 0.233. The lowest BCUT2D eigenvalue weighted by atomic mass is 10.1. The van der Waals surface area contributed by atoms with Crippen molar-refractivity contribution < 1.29 is 4.92 Å². The van der Waals surface area contributed by atoms with Crippen molar-refractivity contribution in [3.8, 4) is 0 Å². The van der Waals surface area contributed by atoms with Gasteiger partial charge >= 0.3 is 0 Å². The SMILES string of the molecule is CCC1CN(c2ccc(C)cc2[N+](=O)[O-])CCS1. The highest BCUT2D eigenvalue weighted by Crippen LogP contribution is 2.33. The van der Waals surface area contributed by atoms with Crippen LogP contribution in [0.1, 0.15) is 18.9 Å². The fourth-order valence-electron chi connectivity index (χ4n) is 2.23. The van der Waals surface area contributed by atoms with Gasteiger partial charge in [0.1, 0.15) is 5.69 Å². The van der Waals surface area contributed by atoms with Crippen LogP contribution in [0.25, 0.3) is 0 Å². The number of benzene rings is 1. The normalized spacial score (nSPS) is 19.9. The van der Waals surface area contributed by atoms with Crippen molar-refractivity contribution in [3.05, 3.63) is 33.9 Å². The van der Waals surface area contributed by atoms with Gasteiger partial charge in [0.2, 0.25) is 0 Å². The van der Waals surface area contributed by atoms with E-state index in [2.05, 4.69) is 11.8 Å². The van der Waals surface area contributed by atoms with Crippen LogP contribution >= 0.6 is 11.8 Å². The highest BCUT2D eigenvalue weighted by molar-refractivity contribution is 8.00. The van der Waals surface area contributed by atoms with Gasteiger partial charge in [-0.15, -0.1) is 0 Å². The van der Waals surface area contributed by atoms with E-state index in [1.165, 1.54) is 0 Å². The highest BCUT2D eigenvalue weighted by Gasteiger charge is 2.24. The lowest BCUT2D eigenvalue weighted by Gasteiger charge is -2.33. The molecule has 1 saturated heterocycles. The predicted molar refractivity (Wildman–Crippen MR) is 76.6 cm³/mol. The minimum atomic E-state index is -0.273. The van der Waals surface area contributed by atoms with Crippen molar-refractivity contribution in [1.29, 1.82) is 0 Å². The van der Waals surface area contributed by atoms with Gasteiger partial charge in [-0.1, -0.05) is 13.0 Å². The molecular weight excluding hydrogens is 248 g/mol. The molecule has 0 N–H and O–H groups in total. The third-order valence-electron chi connectivity index (χ3n) is 3.26. The van der Waals surface area contributed by atoms with Gasteiger partial charge in [0.05, 0.1) is 4.92 Å². The van der Waals surface area contributed by atoms with Crippen LogP contribution in [0.15, 0.2) is 18.2 Å². The lowest BCUT2D eigenvalue weighted by molar-refractivity contribution is -0.384. The first kappa shape index (κ1) is 13.2. The molecule has 4 nitrogen and oxygen atoms in total. The average molecular weight is 266 g/mol. The maximum Gasteiger partial charge on any atom is 0.292 e. The first-order valence-electron chi connectivity index (χ1n) is 6.23. The zero-order valence-electron chi connectivity index (χ0n) is 10.8. The molecular formula is C13H18N2O2S. The summed E-state index contributed by atoms with van der Waals surface area (Å²) >= 11 is 1.97. The summed E-state index contributed by atoms with van der Waals surface area (Å²) < 4.78 is 0. The summed E-state index contributed by atoms with van der Waals surface area (Å²) in [6.45, 7) is 5.86. The van der Waals surface area contributed by atoms with E-state index in [0.717, 1.165) is 36.5 Å². The van der Waals surface area contributed by atoms with Gasteiger partial charge in [-0.2, -0.15) is 11.8 Å². The summed E-state index contributed by atoms with van der Waals surface area (Å²) in [4.78, 5) is 13.0. The van der Waals surface area contributed by atoms with Crippen LogP contribution in [0.3, 0.4) is 0 Å². The topological polar surface area (TPSA) is 46.4 Å². The van der Waals surface area contributed by atoms with E-state index in [1.54, 1.807) is 6.07 Å². The second-order valence-electron chi connectivity index (χ2n) is 4.60. The number of hydrogen-bond acceptors (Lipinski definition) is 4. The summed E-state index contributed by atoms with van der Waals surface area (Å²) in [6.07, 6.45) is 1.11. The minimum Gasteiger partial charge on any atom is -0.364 e. The van der Waals surface area contributed by atoms with Crippen LogP contribution in [0.2, 0.25) is 0 Å². The average Bonchev–Trinajstić information content (AvgIpc) is 2.38. The molecule has 0 saturated carbocycles. The van der Waals surface area contributed by atoms with Gasteiger partial charge in [-0.3, -0.25) is 10.1 Å². The largest absolute Gasteiger partial charge is 0.364 e. The van der Waals surface area contributed by atoms with E-state index in [9.17, 15) is 10.1 Å². The zero-order chi connectivity index (χ0) is 13.1. The number of aryl methyl sites for hydroxylation is 1. The Kier molecular flexibility index (Phi) is 4.11. The Morgan fingerprint density at radius 1 is 1.56 bits per heavy atom. The third kappa shape index (κ3) is 2.77. The van der Waals surface area contributed by atoms with Crippen molar-refractivity contribution in [2.24, 2.45) is 0 Å². The van der Waals surface area contributed by atoms with E-state index in [1.807, 2.05) is 30.8 Å². The highest BCUT2D eigenvalue weighted by atomic mass is 32.2. The molecule has 0 amide bonds. The maximum absolute atomic E-state index is 11.1. The second kappa shape index (κ2) is 5.61. The van der Waals surface area contributed by atoms with Gasteiger partial charge in [-0.05, 0) is 25.0 Å². The van der Waals surface area contributed by atoms with Crippen molar-refractivity contribution in [3.63, 3.8) is 0 Å². The number of nitro benzene ring substituents is 1. The third-order valence-corrected chi connectivity index (χ3v) is 4.63. The molecule has 0 aromatic heterocycles. The molecule has 0 aliphatic carbocycles. The number of thioether (sulfide) groups is 1. The van der Waals surface area contributed by atoms with Gasteiger partial charge in [0.25, 0.3) is 5.69 Å². The molecule has 98 valence electrons. The summed E-state index contributed by atoms with van der Waals surface area (Å²) in [7, 11) is 0. The molecule has 1 aromatic rings. The van der Waals surface area contributed by atoms with Crippen molar-refractivity contribution in [2.45, 2.75) is 25.5 Å². The summed E-state index contributed by atoms with van der Waals surface area (Å²) in [6, 6.07) is 5.50. The quantitative estimate of drug-likeness (QED) is 0.622. The van der Waals surface area contributed by atoms with Crippen LogP contribution in [0.4, 0.5) is 11.4 Å². The van der Waals surface area contributed by atoms with Crippen LogP contribution in [0, 0.1) is 17.0 Å². The molecule has 5 heteroatoms. The molecule has 1 aromatic carbocycles. The molecule has 0 spiro atoms. The van der Waals surface area contributed by atoms with Crippen LogP contribution in [-0.4, -0.2) is 29.0 Å². The first-order valence-corrected chi connectivity index (χ1v) is 7.28. The fourth-order valence-corrected chi connectivity index (χ4v) is 3.41. The zero-order valence-corrected chi connectivity index (χ0v) is 11.6. The van der Waals surface area contributed by atoms with Crippen LogP contribution < -0.4 is 4.90 Å². The Labute approximate surface area is 112 Å². The number of nitro groups is 1. The number of anilines is 1. The fraction of sp³-hybridized carbons (Fsp3) is 0.538. The molecule has 1 heterocycles. The van der Waals surface area contributed by atoms with Gasteiger partial charge in [0, 0.05) is 30.2 Å². The Morgan fingerprint density at radius 3 is 3.00 bits per heavy atom. The Balaban J connectivity index is 2.29. The van der Waals surface area contributed by atoms with E-state index in [4.69, 9.17) is 0 Å². The van der Waals surface area contributed by atoms with Gasteiger partial charge in [-0.25, -0.2) is 0 Å². The Morgan fingerprint density at radius 2 is 2.33 bits per heavy atom. The Bertz CT molecular complexity index is 451. The smallest absolute Gasteiger partial charge is 0.292 e. The maximum atomic E-state index is 11.1. The van der Waals surface area contributed by atoms with Crippen molar-refractivity contribution in [1.82, 2.24) is 0 Å².